The quantitative estimate of drug-likeness (QED) is 0.667. The van der Waals surface area contributed by atoms with E-state index in [9.17, 15) is 14.9 Å². The van der Waals surface area contributed by atoms with E-state index in [1.54, 1.807) is 19.1 Å². The molecule has 0 saturated carbocycles. The lowest BCUT2D eigenvalue weighted by molar-refractivity contribution is -0.385. The molecule has 0 spiro atoms. The van der Waals surface area contributed by atoms with Crippen molar-refractivity contribution >= 4 is 11.6 Å². The Hall–Kier alpha value is -1.95. The third-order valence-electron chi connectivity index (χ3n) is 3.68. The van der Waals surface area contributed by atoms with E-state index in [0.717, 1.165) is 12.1 Å². The van der Waals surface area contributed by atoms with Crippen LogP contribution in [0.4, 0.5) is 5.69 Å². The molecule has 1 saturated heterocycles. The van der Waals surface area contributed by atoms with E-state index in [2.05, 4.69) is 5.32 Å². The molecule has 1 aliphatic rings. The van der Waals surface area contributed by atoms with Gasteiger partial charge < -0.3 is 10.2 Å². The monoisotopic (exact) mass is 277 g/mol. The summed E-state index contributed by atoms with van der Waals surface area (Å²) in [5.41, 5.74) is 1.38. The highest BCUT2D eigenvalue weighted by Crippen LogP contribution is 2.22. The van der Waals surface area contributed by atoms with E-state index in [1.165, 1.54) is 6.07 Å². The first-order chi connectivity index (χ1) is 9.49. The third-order valence-corrected chi connectivity index (χ3v) is 3.68. The predicted octanol–water partition coefficient (Wildman–Crippen LogP) is 1.27. The van der Waals surface area contributed by atoms with Gasteiger partial charge >= 0.3 is 0 Å². The highest BCUT2D eigenvalue weighted by atomic mass is 16.6. The van der Waals surface area contributed by atoms with Crippen LogP contribution in [0.5, 0.6) is 0 Å². The number of amides is 1. The summed E-state index contributed by atoms with van der Waals surface area (Å²) in [4.78, 5) is 24.6. The van der Waals surface area contributed by atoms with Crippen LogP contribution in [0.2, 0.25) is 0 Å². The van der Waals surface area contributed by atoms with E-state index >= 15 is 0 Å². The number of carbonyl (C=O) groups excluding carboxylic acids is 1. The molecule has 2 rings (SSSR count). The normalized spacial score (nSPS) is 18.9. The van der Waals surface area contributed by atoms with Crippen molar-refractivity contribution in [3.63, 3.8) is 0 Å². The van der Waals surface area contributed by atoms with Gasteiger partial charge in [0.15, 0.2) is 0 Å². The molecule has 0 bridgehead atoms. The van der Waals surface area contributed by atoms with Crippen molar-refractivity contribution in [2.75, 3.05) is 19.6 Å². The molecular weight excluding hydrogens is 258 g/mol. The zero-order valence-electron chi connectivity index (χ0n) is 11.8. The maximum atomic E-state index is 12.3. The minimum absolute atomic E-state index is 0.0296. The number of piperazine rings is 1. The topological polar surface area (TPSA) is 75.5 Å². The Kier molecular flexibility index (Phi) is 4.34. The van der Waals surface area contributed by atoms with Crippen molar-refractivity contribution in [1.29, 1.82) is 0 Å². The number of nitro benzene ring substituents is 1. The number of benzene rings is 1. The zero-order valence-corrected chi connectivity index (χ0v) is 11.8. The molecule has 1 aromatic carbocycles. The molecule has 1 N–H and O–H groups in total. The number of hydrogen-bond acceptors (Lipinski definition) is 4. The van der Waals surface area contributed by atoms with Gasteiger partial charge in [0.05, 0.1) is 11.3 Å². The third kappa shape index (κ3) is 3.14. The summed E-state index contributed by atoms with van der Waals surface area (Å²) >= 11 is 0. The molecule has 20 heavy (non-hydrogen) atoms. The SMILES string of the molecule is Cc1c(CC(=O)N2CCN[C@H](C)C2)cccc1[N+](=O)[O-]. The Morgan fingerprint density at radius 2 is 2.30 bits per heavy atom. The number of nitrogens with zero attached hydrogens (tertiary/aromatic N) is 2. The predicted molar refractivity (Wildman–Crippen MR) is 75.6 cm³/mol. The van der Waals surface area contributed by atoms with Crippen molar-refractivity contribution in [3.05, 3.63) is 39.4 Å². The van der Waals surface area contributed by atoms with Crippen molar-refractivity contribution in [2.45, 2.75) is 26.3 Å². The second-order valence-corrected chi connectivity index (χ2v) is 5.19. The summed E-state index contributed by atoms with van der Waals surface area (Å²) in [5, 5.41) is 14.2. The van der Waals surface area contributed by atoms with Crippen molar-refractivity contribution in [1.82, 2.24) is 10.2 Å². The van der Waals surface area contributed by atoms with Crippen LogP contribution in [0.25, 0.3) is 0 Å². The first-order valence-corrected chi connectivity index (χ1v) is 6.73. The highest BCUT2D eigenvalue weighted by Gasteiger charge is 2.22. The largest absolute Gasteiger partial charge is 0.340 e. The van der Waals surface area contributed by atoms with Gasteiger partial charge in [0.2, 0.25) is 5.91 Å². The van der Waals surface area contributed by atoms with E-state index in [4.69, 9.17) is 0 Å². The summed E-state index contributed by atoms with van der Waals surface area (Å²) in [6.07, 6.45) is 0.222. The van der Waals surface area contributed by atoms with E-state index in [-0.39, 0.29) is 18.0 Å². The van der Waals surface area contributed by atoms with Crippen molar-refractivity contribution < 1.29 is 9.72 Å². The molecule has 6 heteroatoms. The standard InChI is InChI=1S/C14H19N3O3/c1-10-9-16(7-6-15-10)14(18)8-12-4-3-5-13(11(12)2)17(19)20/h3-5,10,15H,6-9H2,1-2H3/t10-/m1/s1. The molecule has 0 aliphatic carbocycles. The Bertz CT molecular complexity index is 530. The van der Waals surface area contributed by atoms with Crippen LogP contribution in [0.15, 0.2) is 18.2 Å². The molecule has 0 unspecified atom stereocenters. The summed E-state index contributed by atoms with van der Waals surface area (Å²) in [6.45, 7) is 5.91. The fourth-order valence-corrected chi connectivity index (χ4v) is 2.49. The first kappa shape index (κ1) is 14.5. The van der Waals surface area contributed by atoms with Gasteiger partial charge in [-0.1, -0.05) is 12.1 Å². The summed E-state index contributed by atoms with van der Waals surface area (Å²) in [5.74, 6) is 0.0296. The Balaban J connectivity index is 2.11. The molecule has 1 aromatic rings. The fraction of sp³-hybridized carbons (Fsp3) is 0.500. The molecule has 6 nitrogen and oxygen atoms in total. The van der Waals surface area contributed by atoms with Crippen molar-refractivity contribution in [3.8, 4) is 0 Å². The van der Waals surface area contributed by atoms with Crippen LogP contribution in [0.1, 0.15) is 18.1 Å². The Labute approximate surface area is 117 Å². The average molecular weight is 277 g/mol. The van der Waals surface area contributed by atoms with Crippen LogP contribution in [-0.2, 0) is 11.2 Å². The molecule has 0 radical (unpaired) electrons. The minimum Gasteiger partial charge on any atom is -0.340 e. The molecule has 1 atom stereocenters. The summed E-state index contributed by atoms with van der Waals surface area (Å²) in [7, 11) is 0. The highest BCUT2D eigenvalue weighted by molar-refractivity contribution is 5.79. The van der Waals surface area contributed by atoms with E-state index in [0.29, 0.717) is 24.7 Å². The summed E-state index contributed by atoms with van der Waals surface area (Å²) in [6, 6.07) is 5.18. The average Bonchev–Trinajstić information content (AvgIpc) is 2.40. The molecule has 1 heterocycles. The molecule has 0 aromatic heterocycles. The lowest BCUT2D eigenvalue weighted by atomic mass is 10.0. The van der Waals surface area contributed by atoms with Gasteiger partial charge in [0.25, 0.3) is 5.69 Å². The Morgan fingerprint density at radius 1 is 1.55 bits per heavy atom. The van der Waals surface area contributed by atoms with Gasteiger partial charge in [-0.05, 0) is 19.4 Å². The molecule has 1 fully saturated rings. The molecular formula is C14H19N3O3. The van der Waals surface area contributed by atoms with Crippen LogP contribution in [0.3, 0.4) is 0 Å². The van der Waals surface area contributed by atoms with Crippen LogP contribution >= 0.6 is 0 Å². The lowest BCUT2D eigenvalue weighted by Crippen LogP contribution is -2.51. The number of rotatable bonds is 3. The van der Waals surface area contributed by atoms with Crippen LogP contribution < -0.4 is 5.32 Å². The lowest BCUT2D eigenvalue weighted by Gasteiger charge is -2.32. The smallest absolute Gasteiger partial charge is 0.272 e. The van der Waals surface area contributed by atoms with Gasteiger partial charge in [-0.3, -0.25) is 14.9 Å². The van der Waals surface area contributed by atoms with Crippen LogP contribution in [0, 0.1) is 17.0 Å². The second kappa shape index (κ2) is 6.00. The maximum absolute atomic E-state index is 12.3. The second-order valence-electron chi connectivity index (χ2n) is 5.19. The van der Waals surface area contributed by atoms with Gasteiger partial charge in [-0.15, -0.1) is 0 Å². The van der Waals surface area contributed by atoms with Gasteiger partial charge in [0, 0.05) is 37.3 Å². The van der Waals surface area contributed by atoms with E-state index in [1.807, 2.05) is 11.8 Å². The fourth-order valence-electron chi connectivity index (χ4n) is 2.49. The number of carbonyl (C=O) groups is 1. The van der Waals surface area contributed by atoms with Gasteiger partial charge in [0.1, 0.15) is 0 Å². The minimum atomic E-state index is -0.407. The number of nitrogens with one attached hydrogen (secondary N) is 1. The maximum Gasteiger partial charge on any atom is 0.272 e. The molecule has 1 aliphatic heterocycles. The van der Waals surface area contributed by atoms with Gasteiger partial charge in [-0.2, -0.15) is 0 Å². The Morgan fingerprint density at radius 3 is 2.95 bits per heavy atom. The molecule has 108 valence electrons. The number of nitro groups is 1. The van der Waals surface area contributed by atoms with Crippen LogP contribution in [-0.4, -0.2) is 41.4 Å². The summed E-state index contributed by atoms with van der Waals surface area (Å²) < 4.78 is 0. The zero-order chi connectivity index (χ0) is 14.7. The first-order valence-electron chi connectivity index (χ1n) is 6.73. The molecule has 1 amide bonds. The number of hydrogen-bond donors (Lipinski definition) is 1. The van der Waals surface area contributed by atoms with E-state index < -0.39 is 4.92 Å². The van der Waals surface area contributed by atoms with Crippen molar-refractivity contribution in [2.24, 2.45) is 0 Å². The van der Waals surface area contributed by atoms with Gasteiger partial charge in [-0.25, -0.2) is 0 Å².